The molecule has 0 aromatic heterocycles. The summed E-state index contributed by atoms with van der Waals surface area (Å²) in [7, 11) is 0. The summed E-state index contributed by atoms with van der Waals surface area (Å²) in [6.07, 6.45) is 19.8. The van der Waals surface area contributed by atoms with Crippen molar-refractivity contribution < 1.29 is 38.4 Å². The average Bonchev–Trinajstić information content (AvgIpc) is 3.39. The van der Waals surface area contributed by atoms with Gasteiger partial charge in [0.05, 0.1) is 0 Å². The third-order valence-electron chi connectivity index (χ3n) is 25.3. The van der Waals surface area contributed by atoms with Gasteiger partial charge in [-0.2, -0.15) is 0 Å². The molecule has 0 bridgehead atoms. The third kappa shape index (κ3) is 6.39. The van der Waals surface area contributed by atoms with E-state index < -0.39 is 0 Å². The van der Waals surface area contributed by atoms with Crippen molar-refractivity contribution in [2.45, 2.75) is 155 Å². The largest absolute Gasteiger partial charge is 0.282 e. The molecular weight excluding hydrogens is 905 g/mol. The minimum Gasteiger partial charge on any atom is -0.282 e. The number of imide groups is 4. The molecule has 0 radical (unpaired) electrons. The maximum atomic E-state index is 14.7. The molecule has 12 nitrogen and oxygen atoms in total. The fourth-order valence-corrected chi connectivity index (χ4v) is 23.3. The van der Waals surface area contributed by atoms with Crippen LogP contribution in [0, 0.1) is 142 Å². The molecule has 8 amide bonds. The Labute approximate surface area is 427 Å². The van der Waals surface area contributed by atoms with E-state index >= 15 is 0 Å². The zero-order valence-corrected chi connectivity index (χ0v) is 43.3. The van der Waals surface area contributed by atoms with Crippen LogP contribution in [0.5, 0.6) is 0 Å². The molecule has 4 saturated heterocycles. The van der Waals surface area contributed by atoms with Gasteiger partial charge in [0.2, 0.25) is 47.3 Å². The van der Waals surface area contributed by atoms with Gasteiger partial charge in [-0.05, 0) is 217 Å². The second-order valence-corrected chi connectivity index (χ2v) is 27.1. The molecule has 12 heteroatoms. The van der Waals surface area contributed by atoms with Crippen molar-refractivity contribution in [1.29, 1.82) is 0 Å². The fourth-order valence-electron chi connectivity index (χ4n) is 23.3. The first-order chi connectivity index (χ1) is 35.0. The smallest absolute Gasteiger partial charge is 0.232 e. The molecule has 0 spiro atoms. The first-order valence-electron chi connectivity index (χ1n) is 30.4. The van der Waals surface area contributed by atoms with Gasteiger partial charge in [-0.1, -0.05) is 33.1 Å². The second kappa shape index (κ2) is 17.6. The molecule has 10 aliphatic carbocycles. The Morgan fingerprint density at radius 2 is 0.444 bits per heavy atom. The number of nitrogens with zero attached hydrogens (tertiary/aromatic N) is 4. The topological polar surface area (TPSA) is 150 Å². The Morgan fingerprint density at radius 3 is 0.653 bits per heavy atom. The Bertz CT molecular complexity index is 2200. The summed E-state index contributed by atoms with van der Waals surface area (Å²) in [5, 5.41) is 0. The van der Waals surface area contributed by atoms with Gasteiger partial charge in [0.1, 0.15) is 0 Å². The van der Waals surface area contributed by atoms with Crippen molar-refractivity contribution in [3.63, 3.8) is 0 Å². The van der Waals surface area contributed by atoms with E-state index in [9.17, 15) is 38.4 Å². The lowest BCUT2D eigenvalue weighted by molar-refractivity contribution is -0.210. The predicted octanol–water partition coefficient (Wildman–Crippen LogP) is 8.01. The van der Waals surface area contributed by atoms with Gasteiger partial charge in [0.15, 0.2) is 0 Å². The van der Waals surface area contributed by atoms with E-state index in [1.165, 1.54) is 0 Å². The summed E-state index contributed by atoms with van der Waals surface area (Å²) >= 11 is 0. The molecule has 16 atom stereocenters. The molecule has 14 rings (SSSR count). The van der Waals surface area contributed by atoms with E-state index in [-0.39, 0.29) is 131 Å². The van der Waals surface area contributed by atoms with Gasteiger partial charge in [-0.25, -0.2) is 0 Å². The van der Waals surface area contributed by atoms with Crippen molar-refractivity contribution >= 4 is 47.3 Å². The van der Waals surface area contributed by atoms with Crippen molar-refractivity contribution in [3.8, 4) is 0 Å². The molecule has 72 heavy (non-hydrogen) atoms. The summed E-state index contributed by atoms with van der Waals surface area (Å²) in [6.45, 7) is 5.89. The maximum absolute atomic E-state index is 14.7. The third-order valence-corrected chi connectivity index (χ3v) is 25.3. The van der Waals surface area contributed by atoms with Crippen LogP contribution in [0.25, 0.3) is 0 Å². The Balaban J connectivity index is 0.643. The van der Waals surface area contributed by atoms with E-state index in [0.29, 0.717) is 90.5 Å². The van der Waals surface area contributed by atoms with Gasteiger partial charge in [0.25, 0.3) is 0 Å². The van der Waals surface area contributed by atoms with Crippen molar-refractivity contribution in [1.82, 2.24) is 19.6 Å². The molecule has 16 unspecified atom stereocenters. The minimum absolute atomic E-state index is 0.0241. The van der Waals surface area contributed by atoms with Crippen LogP contribution in [-0.2, 0) is 38.4 Å². The number of hydrogen-bond acceptors (Lipinski definition) is 8. The first kappa shape index (κ1) is 47.0. The molecular formula is C60H82N4O8. The Kier molecular flexibility index (Phi) is 11.5. The lowest BCUT2D eigenvalue weighted by atomic mass is 9.38. The van der Waals surface area contributed by atoms with Crippen LogP contribution in [0.1, 0.15) is 155 Å². The molecule has 0 aromatic rings. The predicted molar refractivity (Wildman–Crippen MR) is 264 cm³/mol. The van der Waals surface area contributed by atoms with E-state index in [4.69, 9.17) is 0 Å². The van der Waals surface area contributed by atoms with Crippen LogP contribution < -0.4 is 0 Å². The van der Waals surface area contributed by atoms with Gasteiger partial charge >= 0.3 is 0 Å². The normalized spacial score (nSPS) is 49.3. The molecule has 14 fully saturated rings. The molecule has 0 aromatic carbocycles. The Morgan fingerprint density at radius 1 is 0.250 bits per heavy atom. The number of hydrogen-bond donors (Lipinski definition) is 0. The number of fused-ring (bicyclic) bond motifs is 4. The number of carbonyl (C=O) groups is 8. The summed E-state index contributed by atoms with van der Waals surface area (Å²) in [5.74, 6) is 5.03. The quantitative estimate of drug-likeness (QED) is 0.149. The lowest BCUT2D eigenvalue weighted by Gasteiger charge is -2.67. The van der Waals surface area contributed by atoms with E-state index in [1.54, 1.807) is 19.6 Å². The van der Waals surface area contributed by atoms with Crippen LogP contribution in [0.15, 0.2) is 0 Å². The molecule has 0 N–H and O–H groups in total. The van der Waals surface area contributed by atoms with Gasteiger partial charge < -0.3 is 0 Å². The van der Waals surface area contributed by atoms with Gasteiger partial charge in [-0.15, -0.1) is 0 Å². The number of unbranched alkanes of at least 4 members (excludes halogenated alkanes) is 3. The highest BCUT2D eigenvalue weighted by molar-refractivity contribution is 6.03. The highest BCUT2D eigenvalue weighted by Crippen LogP contribution is 2.71. The van der Waals surface area contributed by atoms with E-state index in [1.807, 2.05) is 0 Å². The monoisotopic (exact) mass is 987 g/mol. The lowest BCUT2D eigenvalue weighted by Crippen LogP contribution is -2.68. The van der Waals surface area contributed by atoms with Crippen LogP contribution in [0.3, 0.4) is 0 Å². The zero-order valence-electron chi connectivity index (χ0n) is 43.3. The average molecular weight is 987 g/mol. The minimum atomic E-state index is -0.167. The maximum Gasteiger partial charge on any atom is 0.232 e. The molecule has 390 valence electrons. The van der Waals surface area contributed by atoms with E-state index in [0.717, 1.165) is 135 Å². The molecule has 4 aliphatic heterocycles. The summed E-state index contributed by atoms with van der Waals surface area (Å²) in [4.78, 5) is 122. The summed E-state index contributed by atoms with van der Waals surface area (Å²) < 4.78 is 0. The summed E-state index contributed by atoms with van der Waals surface area (Å²) in [6, 6.07) is 0. The first-order valence-corrected chi connectivity index (χ1v) is 30.4. The van der Waals surface area contributed by atoms with Crippen LogP contribution in [0.2, 0.25) is 0 Å². The van der Waals surface area contributed by atoms with Crippen LogP contribution in [0.4, 0.5) is 0 Å². The van der Waals surface area contributed by atoms with Gasteiger partial charge in [0, 0.05) is 73.5 Å². The number of likely N-dealkylation sites (tertiary alicyclic amines) is 4. The Hall–Kier alpha value is -3.44. The zero-order chi connectivity index (χ0) is 49.2. The molecule has 14 aliphatic rings. The van der Waals surface area contributed by atoms with Crippen LogP contribution in [-0.4, -0.2) is 93.0 Å². The standard InChI is InChI=1S/C60H82N4O8/c1-3-5-7-26-62-55(67)39-19-11-31-35-15-23-43-52-44(24-16-36(48(35)52)32-12-20-40(56(62)68)50(39)46(31)32)60(72)64(59(43)71)28-8-27-63-57(69)41-21-13-33-29-9-17-37-49-38(54(66)61(53(37)65)25-6-4-2)18-10-30(45(29)49)34-14-22-42(58(63)70)51(41)47(33)34/h29-52H,3-28H2,1-2H3. The van der Waals surface area contributed by atoms with Crippen LogP contribution >= 0.6 is 0 Å². The number of amides is 8. The highest BCUT2D eigenvalue weighted by Gasteiger charge is 2.70. The van der Waals surface area contributed by atoms with Crippen molar-refractivity contribution in [2.24, 2.45) is 142 Å². The SMILES string of the molecule is CCCCCN1C(=O)C2CCC3C4CCC5C(=O)N(CCCN6C(=O)C7CCC8C9CCC%10C(=O)N(CCCC)C(=O)C%11CCC(C%12CCC(C6=O)C7C8%12)C9C%10%11)C(=O)C6CCC(C7CCC(C1=O)C2C37)C4C56. The van der Waals surface area contributed by atoms with Crippen molar-refractivity contribution in [2.75, 3.05) is 26.2 Å². The number of carbonyl (C=O) groups excluding carboxylic acids is 8. The van der Waals surface area contributed by atoms with Crippen molar-refractivity contribution in [3.05, 3.63) is 0 Å². The number of piperidine rings is 4. The second-order valence-electron chi connectivity index (χ2n) is 27.1. The van der Waals surface area contributed by atoms with Gasteiger partial charge in [-0.3, -0.25) is 58.0 Å². The number of rotatable bonds is 11. The fraction of sp³-hybridized carbons (Fsp3) is 0.867. The molecule has 4 heterocycles. The van der Waals surface area contributed by atoms with E-state index in [2.05, 4.69) is 13.8 Å². The molecule has 10 saturated carbocycles. The highest BCUT2D eigenvalue weighted by atomic mass is 16.2. The summed E-state index contributed by atoms with van der Waals surface area (Å²) in [5.41, 5.74) is 0.